The van der Waals surface area contributed by atoms with Crippen molar-refractivity contribution in [2.24, 2.45) is 0 Å². The van der Waals surface area contributed by atoms with Gasteiger partial charge in [0.2, 0.25) is 0 Å². The van der Waals surface area contributed by atoms with E-state index in [2.05, 4.69) is 0 Å². The smallest absolute Gasteiger partial charge is 0.870 e. The molecule has 0 atom stereocenters. The van der Waals surface area contributed by atoms with Gasteiger partial charge in [-0.25, -0.2) is 0 Å². The van der Waals surface area contributed by atoms with E-state index in [0.717, 1.165) is 0 Å². The van der Waals surface area contributed by atoms with Crippen LogP contribution in [-0.2, 0) is 20.0 Å². The third-order valence-electron chi connectivity index (χ3n) is 0. The molecule has 0 aromatic rings. The van der Waals surface area contributed by atoms with Gasteiger partial charge < -0.3 is 19.5 Å². The summed E-state index contributed by atoms with van der Waals surface area (Å²) in [6.45, 7) is 0. The molecule has 0 radical (unpaired) electrons. The number of halogens is 4. The van der Waals surface area contributed by atoms with Gasteiger partial charge in [0, 0.05) is 9.17 Å². The normalized spacial score (nSPS) is 6.46. The zero-order valence-electron chi connectivity index (χ0n) is 7.18. The summed E-state index contributed by atoms with van der Waals surface area (Å²) in [4.78, 5) is 17.0. The van der Waals surface area contributed by atoms with E-state index in [1.807, 2.05) is 0 Å². The summed E-state index contributed by atoms with van der Waals surface area (Å²) in [6, 6.07) is 0. The molecule has 0 aromatic carbocycles. The molecule has 0 aromatic heterocycles. The maximum atomic E-state index is 8.52. The van der Waals surface area contributed by atoms with E-state index in [4.69, 9.17) is 48.1 Å². The molecule has 1 N–H and O–H groups in total. The Bertz CT molecular complexity index is 89.9. The van der Waals surface area contributed by atoms with Crippen molar-refractivity contribution in [1.82, 2.24) is 0 Å². The molecule has 0 fully saturated rings. The van der Waals surface area contributed by atoms with Crippen LogP contribution in [0.4, 0.5) is 0 Å². The first-order chi connectivity index (χ1) is 3.73. The van der Waals surface area contributed by atoms with Crippen LogP contribution in [0.2, 0.25) is 0 Å². The first-order valence-electron chi connectivity index (χ1n) is 1.37. The van der Waals surface area contributed by atoms with Crippen LogP contribution in [0.3, 0.4) is 0 Å². The molecule has 0 rings (SSSR count). The van der Waals surface area contributed by atoms with Gasteiger partial charge in [0.15, 0.2) is 0 Å². The molecule has 13 heteroatoms. The van der Waals surface area contributed by atoms with Crippen LogP contribution in [0, 0.1) is 0 Å². The first kappa shape index (κ1) is 36.0. The molecule has 64 valence electrons. The molecule has 0 aliphatic carbocycles. The zero-order chi connectivity index (χ0) is 8.08. The number of hydrogen-bond donors (Lipinski definition) is 0. The number of rotatable bonds is 0. The van der Waals surface area contributed by atoms with E-state index in [0.29, 0.717) is 0 Å². The van der Waals surface area contributed by atoms with Gasteiger partial charge in [0.25, 0.3) is 0 Å². The summed E-state index contributed by atoms with van der Waals surface area (Å²) in [7, 11) is 16.5. The van der Waals surface area contributed by atoms with Gasteiger partial charge in [0.1, 0.15) is 0 Å². The van der Waals surface area contributed by atoms with E-state index < -0.39 is 24.7 Å². The Kier molecular flexibility index (Phi) is 60.6. The molecular formula is HCl4Na3O4SiZr. The first-order valence-corrected chi connectivity index (χ1v) is 15.3. The van der Waals surface area contributed by atoms with Crippen LogP contribution in [0.25, 0.3) is 0 Å². The molecule has 0 aliphatic heterocycles. The Labute approximate surface area is 163 Å². The molecule has 0 saturated heterocycles. The van der Waals surface area contributed by atoms with Gasteiger partial charge in [-0.15, -0.1) is 0 Å². The third kappa shape index (κ3) is 166. The van der Waals surface area contributed by atoms with Crippen molar-refractivity contribution >= 4 is 43.2 Å². The van der Waals surface area contributed by atoms with Gasteiger partial charge in [-0.1, -0.05) is 0 Å². The van der Waals surface area contributed by atoms with E-state index in [1.54, 1.807) is 0 Å². The fraction of sp³-hybridized carbons (Fsp3) is 0. The van der Waals surface area contributed by atoms with Gasteiger partial charge >= 0.3 is 138 Å². The second kappa shape index (κ2) is 21.9. The van der Waals surface area contributed by atoms with E-state index in [9.17, 15) is 0 Å². The second-order valence-corrected chi connectivity index (χ2v) is 23.6. The molecule has 0 aliphatic rings. The summed E-state index contributed by atoms with van der Waals surface area (Å²) in [5, 5.41) is 0. The van der Waals surface area contributed by atoms with Crippen LogP contribution in [-0.4, -0.2) is 14.6 Å². The molecular weight excluding hydrogens is 394 g/mol. The molecule has 0 heterocycles. The topological polar surface area (TPSA) is 93.2 Å². The van der Waals surface area contributed by atoms with Crippen molar-refractivity contribution in [1.29, 1.82) is 0 Å². The predicted octanol–water partition coefficient (Wildman–Crippen LogP) is -9.29. The van der Waals surface area contributed by atoms with Gasteiger partial charge in [-0.05, 0) is 0 Å². The Morgan fingerprint density at radius 3 is 0.923 bits per heavy atom. The average molecular weight is 395 g/mol. The molecule has 4 nitrogen and oxygen atoms in total. The van der Waals surface area contributed by atoms with Crippen molar-refractivity contribution in [2.45, 2.75) is 0 Å². The zero-order valence-corrected chi connectivity index (χ0v) is 19.7. The summed E-state index contributed by atoms with van der Waals surface area (Å²) in [5.41, 5.74) is 0. The predicted molar refractivity (Wildman–Crippen MR) is 31.8 cm³/mol. The fourth-order valence-electron chi connectivity index (χ4n) is 0. The minimum absolute atomic E-state index is 0. The second-order valence-electron chi connectivity index (χ2n) is 0.679. The van der Waals surface area contributed by atoms with Gasteiger partial charge in [-0.2, -0.15) is 0 Å². The Hall–Kier alpha value is 4.62. The molecule has 0 amide bonds. The van der Waals surface area contributed by atoms with Crippen molar-refractivity contribution < 1.29 is 124 Å². The largest absolute Gasteiger partial charge is 1.00 e. The van der Waals surface area contributed by atoms with Crippen LogP contribution >= 0.6 is 34.1 Å². The SMILES string of the molecule is O=[Si]([O-])[O-].[Cl][Zr]([Cl])([Cl])[Cl].[Na+].[Na+].[Na+].[OH-]. The Morgan fingerprint density at radius 2 is 0.923 bits per heavy atom. The summed E-state index contributed by atoms with van der Waals surface area (Å²) < 4.78 is 8.52. The van der Waals surface area contributed by atoms with Crippen LogP contribution in [0.15, 0.2) is 0 Å². The van der Waals surface area contributed by atoms with Crippen LogP contribution in [0.1, 0.15) is 0 Å². The van der Waals surface area contributed by atoms with Crippen molar-refractivity contribution in [2.75, 3.05) is 0 Å². The standard InChI is InChI=1S/4ClH.3Na.O3Si.H2O.Zr/c;;;;;;;1-4(2)3;;/h4*1H;;;;;1H2;/q;;;;3*+1;-2;;+4/p-5. The minimum Gasteiger partial charge on any atom is -0.870 e. The van der Waals surface area contributed by atoms with Crippen molar-refractivity contribution in [3.63, 3.8) is 0 Å². The Balaban J connectivity index is -0.0000000146. The molecule has 0 spiro atoms. The average Bonchev–Trinajstić information content (AvgIpc) is 1.19. The van der Waals surface area contributed by atoms with Crippen molar-refractivity contribution in [3.05, 3.63) is 0 Å². The third-order valence-corrected chi connectivity index (χ3v) is 0. The Morgan fingerprint density at radius 1 is 0.923 bits per heavy atom. The van der Waals surface area contributed by atoms with Crippen LogP contribution < -0.4 is 98.3 Å². The maximum absolute atomic E-state index is 8.52. The van der Waals surface area contributed by atoms with Gasteiger partial charge in [-0.3, -0.25) is 0 Å². The maximum Gasteiger partial charge on any atom is 1.00 e. The van der Waals surface area contributed by atoms with Crippen molar-refractivity contribution in [3.8, 4) is 0 Å². The number of hydrogen-bond acceptors (Lipinski definition) is 4. The monoisotopic (exact) mass is 392 g/mol. The van der Waals surface area contributed by atoms with Gasteiger partial charge in [0.05, 0.1) is 0 Å². The quantitative estimate of drug-likeness (QED) is 0.381. The molecule has 0 bridgehead atoms. The molecule has 13 heavy (non-hydrogen) atoms. The van der Waals surface area contributed by atoms with Crippen LogP contribution in [0.5, 0.6) is 0 Å². The minimum atomic E-state index is -3.63. The van der Waals surface area contributed by atoms with E-state index in [1.165, 1.54) is 0 Å². The molecule has 0 unspecified atom stereocenters. The summed E-state index contributed by atoms with van der Waals surface area (Å²) in [5.74, 6) is 0. The molecule has 0 saturated carbocycles. The summed E-state index contributed by atoms with van der Waals surface area (Å²) in [6.07, 6.45) is 0. The van der Waals surface area contributed by atoms with E-state index in [-0.39, 0.29) is 94.1 Å². The summed E-state index contributed by atoms with van der Waals surface area (Å²) >= 11 is -3.29. The van der Waals surface area contributed by atoms with E-state index >= 15 is 0 Å². The fourth-order valence-corrected chi connectivity index (χ4v) is 0.